The Bertz CT molecular complexity index is 1150. The molecular weight excluding hydrogens is 463 g/mol. The molecule has 186 valence electrons. The van der Waals surface area contributed by atoms with Crippen molar-refractivity contribution in [3.05, 3.63) is 41.5 Å². The molecule has 1 amide bonds. The number of phenolic OH excluding ortho intramolecular Hbond substituents is 1. The highest BCUT2D eigenvalue weighted by molar-refractivity contribution is 5.96. The van der Waals surface area contributed by atoms with Gasteiger partial charge in [0.1, 0.15) is 17.2 Å². The molecule has 1 saturated carbocycles. The molecule has 1 unspecified atom stereocenters. The van der Waals surface area contributed by atoms with Crippen LogP contribution >= 0.6 is 0 Å². The summed E-state index contributed by atoms with van der Waals surface area (Å²) in [7, 11) is 1.78. The Morgan fingerprint density at radius 2 is 2.03 bits per heavy atom. The van der Waals surface area contributed by atoms with E-state index in [4.69, 9.17) is 4.74 Å². The third kappa shape index (κ3) is 6.11. The molecule has 1 aliphatic heterocycles. The second-order valence-corrected chi connectivity index (χ2v) is 8.45. The van der Waals surface area contributed by atoms with Crippen molar-refractivity contribution in [2.45, 2.75) is 44.1 Å². The van der Waals surface area contributed by atoms with Gasteiger partial charge in [0.15, 0.2) is 6.10 Å². The predicted molar refractivity (Wildman–Crippen MR) is 125 cm³/mol. The zero-order valence-corrected chi connectivity index (χ0v) is 19.1. The van der Waals surface area contributed by atoms with Gasteiger partial charge in [0.05, 0.1) is 24.5 Å². The summed E-state index contributed by atoms with van der Waals surface area (Å²) in [5.41, 5.74) is 2.07. The number of phenols is 1. The van der Waals surface area contributed by atoms with E-state index < -0.39 is 24.1 Å². The van der Waals surface area contributed by atoms with Crippen LogP contribution in [0.15, 0.2) is 30.3 Å². The summed E-state index contributed by atoms with van der Waals surface area (Å²) in [6, 6.07) is 6.93. The molecule has 2 aromatic carbocycles. The summed E-state index contributed by atoms with van der Waals surface area (Å²) in [6.45, 7) is 0.487. The maximum absolute atomic E-state index is 13.0. The van der Waals surface area contributed by atoms with E-state index in [1.807, 2.05) is 6.07 Å². The van der Waals surface area contributed by atoms with Crippen molar-refractivity contribution in [1.82, 2.24) is 5.32 Å². The van der Waals surface area contributed by atoms with Crippen LogP contribution in [-0.2, 0) is 4.79 Å². The third-order valence-electron chi connectivity index (χ3n) is 5.93. The molecule has 0 bridgehead atoms. The molecule has 1 heterocycles. The first-order chi connectivity index (χ1) is 16.7. The molecule has 7 nitrogen and oxygen atoms in total. The fourth-order valence-electron chi connectivity index (χ4n) is 4.31. The number of alkyl halides is 3. The summed E-state index contributed by atoms with van der Waals surface area (Å²) >= 11 is 0. The van der Waals surface area contributed by atoms with Crippen LogP contribution in [0.1, 0.15) is 42.7 Å². The van der Waals surface area contributed by atoms with E-state index in [1.54, 1.807) is 7.05 Å². The number of fused-ring (bicyclic) bond motifs is 1. The van der Waals surface area contributed by atoms with Crippen molar-refractivity contribution in [3.8, 4) is 29.1 Å². The van der Waals surface area contributed by atoms with E-state index in [0.717, 1.165) is 43.4 Å². The first kappa shape index (κ1) is 24.5. The first-order valence-corrected chi connectivity index (χ1v) is 11.3. The van der Waals surface area contributed by atoms with Gasteiger partial charge in [0.2, 0.25) is 0 Å². The standard InChI is InChI=1S/C25H26F3N3O4/c1-29-10-4-7-16-11-18(15-5-2-3-6-15)21(32)13-19(16)31-24(33)23-14-30-20-12-17(35-25(26,27)28)8-9-22(20)34-23/h8-9,11-13,15,23,29-30,32H,2-3,5-6,10,14H2,1H3,(H,31,33). The summed E-state index contributed by atoms with van der Waals surface area (Å²) in [5, 5.41) is 19.3. The molecule has 1 atom stereocenters. The van der Waals surface area contributed by atoms with Crippen molar-refractivity contribution >= 4 is 17.3 Å². The normalized spacial score (nSPS) is 17.4. The smallest absolute Gasteiger partial charge is 0.508 e. The lowest BCUT2D eigenvalue weighted by Gasteiger charge is -2.27. The van der Waals surface area contributed by atoms with E-state index in [0.29, 0.717) is 17.8 Å². The van der Waals surface area contributed by atoms with Gasteiger partial charge in [-0.1, -0.05) is 24.7 Å². The number of hydrogen-bond acceptors (Lipinski definition) is 6. The van der Waals surface area contributed by atoms with Crippen LogP contribution in [0.2, 0.25) is 0 Å². The van der Waals surface area contributed by atoms with E-state index in [1.165, 1.54) is 12.1 Å². The fourth-order valence-corrected chi connectivity index (χ4v) is 4.31. The highest BCUT2D eigenvalue weighted by Crippen LogP contribution is 2.41. The topological polar surface area (TPSA) is 91.9 Å². The zero-order valence-electron chi connectivity index (χ0n) is 19.1. The average molecular weight is 489 g/mol. The Hall–Kier alpha value is -3.58. The number of rotatable bonds is 5. The number of carbonyl (C=O) groups excluding carboxylic acids is 1. The molecule has 1 fully saturated rings. The highest BCUT2D eigenvalue weighted by atomic mass is 19.4. The number of nitrogens with one attached hydrogen (secondary N) is 3. The van der Waals surface area contributed by atoms with Gasteiger partial charge in [0, 0.05) is 17.7 Å². The van der Waals surface area contributed by atoms with Gasteiger partial charge in [-0.25, -0.2) is 0 Å². The fraction of sp³-hybridized carbons (Fsp3) is 0.400. The molecule has 4 N–H and O–H groups in total. The van der Waals surface area contributed by atoms with E-state index in [2.05, 4.69) is 32.5 Å². The monoisotopic (exact) mass is 489 g/mol. The Labute approximate surface area is 201 Å². The number of benzene rings is 2. The summed E-state index contributed by atoms with van der Waals surface area (Å²) in [4.78, 5) is 13.0. The van der Waals surface area contributed by atoms with Gasteiger partial charge in [-0.15, -0.1) is 13.2 Å². The molecule has 35 heavy (non-hydrogen) atoms. The number of halogens is 3. The highest BCUT2D eigenvalue weighted by Gasteiger charge is 2.32. The van der Waals surface area contributed by atoms with Crippen LogP contribution in [0.5, 0.6) is 17.2 Å². The Kier molecular flexibility index (Phi) is 7.26. The van der Waals surface area contributed by atoms with Crippen LogP contribution in [0.25, 0.3) is 0 Å². The van der Waals surface area contributed by atoms with Crippen LogP contribution in [0.3, 0.4) is 0 Å². The van der Waals surface area contributed by atoms with Crippen LogP contribution in [0, 0.1) is 11.8 Å². The second-order valence-electron chi connectivity index (χ2n) is 8.45. The van der Waals surface area contributed by atoms with Crippen LogP contribution in [0.4, 0.5) is 24.5 Å². The van der Waals surface area contributed by atoms with E-state index >= 15 is 0 Å². The Morgan fingerprint density at radius 3 is 2.74 bits per heavy atom. The van der Waals surface area contributed by atoms with Crippen molar-refractivity contribution in [2.75, 3.05) is 30.8 Å². The summed E-state index contributed by atoms with van der Waals surface area (Å²) in [5.74, 6) is 5.76. The largest absolute Gasteiger partial charge is 0.573 e. The number of amides is 1. The average Bonchev–Trinajstić information content (AvgIpc) is 3.33. The lowest BCUT2D eigenvalue weighted by atomic mass is 9.94. The first-order valence-electron chi connectivity index (χ1n) is 11.3. The summed E-state index contributed by atoms with van der Waals surface area (Å²) in [6.07, 6.45) is -1.54. The molecule has 4 rings (SSSR count). The van der Waals surface area contributed by atoms with Crippen LogP contribution < -0.4 is 25.4 Å². The van der Waals surface area contributed by atoms with Crippen LogP contribution in [-0.4, -0.2) is 43.6 Å². The predicted octanol–water partition coefficient (Wildman–Crippen LogP) is 4.33. The van der Waals surface area contributed by atoms with Crippen molar-refractivity contribution in [3.63, 3.8) is 0 Å². The number of carbonyl (C=O) groups is 1. The Balaban J connectivity index is 1.51. The van der Waals surface area contributed by atoms with Gasteiger partial charge in [-0.05, 0) is 49.6 Å². The van der Waals surface area contributed by atoms with Gasteiger partial charge in [-0.2, -0.15) is 0 Å². The van der Waals surface area contributed by atoms with E-state index in [9.17, 15) is 23.1 Å². The quantitative estimate of drug-likeness (QED) is 0.468. The van der Waals surface area contributed by atoms with Crippen molar-refractivity contribution in [2.24, 2.45) is 0 Å². The lowest BCUT2D eigenvalue weighted by Crippen LogP contribution is -2.41. The summed E-state index contributed by atoms with van der Waals surface area (Å²) < 4.78 is 47.0. The maximum atomic E-state index is 13.0. The number of hydrogen-bond donors (Lipinski definition) is 4. The minimum absolute atomic E-state index is 0.0290. The zero-order chi connectivity index (χ0) is 25.0. The molecule has 2 aliphatic rings. The number of aromatic hydroxyl groups is 1. The minimum Gasteiger partial charge on any atom is -0.508 e. The molecule has 10 heteroatoms. The number of anilines is 2. The SMILES string of the molecule is CNCC#Cc1cc(C2CCCC2)c(O)cc1NC(=O)C1CNc2cc(OC(F)(F)F)ccc2O1. The molecule has 0 aromatic heterocycles. The molecule has 0 spiro atoms. The molecule has 2 aromatic rings. The minimum atomic E-state index is -4.81. The van der Waals surface area contributed by atoms with Gasteiger partial charge >= 0.3 is 6.36 Å². The van der Waals surface area contributed by atoms with E-state index in [-0.39, 0.29) is 29.6 Å². The maximum Gasteiger partial charge on any atom is 0.573 e. The molecule has 0 radical (unpaired) electrons. The molecule has 0 saturated heterocycles. The van der Waals surface area contributed by atoms with Gasteiger partial charge < -0.3 is 30.5 Å². The van der Waals surface area contributed by atoms with Crippen molar-refractivity contribution in [1.29, 1.82) is 0 Å². The molecule has 1 aliphatic carbocycles. The Morgan fingerprint density at radius 1 is 1.26 bits per heavy atom. The number of ether oxygens (including phenoxy) is 2. The second kappa shape index (κ2) is 10.4. The van der Waals surface area contributed by atoms with Crippen molar-refractivity contribution < 1.29 is 32.5 Å². The lowest BCUT2D eigenvalue weighted by molar-refractivity contribution is -0.274. The van der Waals surface area contributed by atoms with Gasteiger partial charge in [-0.3, -0.25) is 4.79 Å². The van der Waals surface area contributed by atoms with Gasteiger partial charge in [0.25, 0.3) is 5.91 Å². The molecular formula is C25H26F3N3O4. The third-order valence-corrected chi connectivity index (χ3v) is 5.93.